The third kappa shape index (κ3) is 1.79. The summed E-state index contributed by atoms with van der Waals surface area (Å²) in [7, 11) is 1.81. The van der Waals surface area contributed by atoms with Gasteiger partial charge in [0.2, 0.25) is 0 Å². The molecule has 0 aromatic carbocycles. The zero-order valence-corrected chi connectivity index (χ0v) is 11.9. The minimum Gasteiger partial charge on any atom is -0.476 e. The van der Waals surface area contributed by atoms with Gasteiger partial charge in [-0.25, -0.2) is 4.79 Å². The quantitative estimate of drug-likeness (QED) is 0.919. The molecule has 0 saturated heterocycles. The molecule has 4 fully saturated rings. The molecule has 0 spiro atoms. The van der Waals surface area contributed by atoms with Gasteiger partial charge in [-0.15, -0.1) is 5.10 Å². The molecule has 0 radical (unpaired) electrons. The maximum atomic E-state index is 11.3. The van der Waals surface area contributed by atoms with Crippen molar-refractivity contribution in [3.63, 3.8) is 0 Å². The van der Waals surface area contributed by atoms with E-state index < -0.39 is 5.97 Å². The largest absolute Gasteiger partial charge is 0.476 e. The Morgan fingerprint density at radius 1 is 1.25 bits per heavy atom. The van der Waals surface area contributed by atoms with Crippen LogP contribution in [0.1, 0.15) is 54.7 Å². The molecule has 5 nitrogen and oxygen atoms in total. The number of aromatic nitrogens is 3. The molecule has 0 atom stereocenters. The molecule has 5 heteroatoms. The number of carboxylic acids is 1. The van der Waals surface area contributed by atoms with Gasteiger partial charge in [0.25, 0.3) is 0 Å². The molecule has 0 aliphatic heterocycles. The van der Waals surface area contributed by atoms with Crippen molar-refractivity contribution in [2.75, 3.05) is 0 Å². The van der Waals surface area contributed by atoms with Gasteiger partial charge in [-0.1, -0.05) is 5.21 Å². The molecule has 1 aromatic rings. The van der Waals surface area contributed by atoms with Gasteiger partial charge in [0.05, 0.1) is 5.69 Å². The molecule has 1 aromatic heterocycles. The lowest BCUT2D eigenvalue weighted by Crippen LogP contribution is -2.47. The number of rotatable bonds is 3. The van der Waals surface area contributed by atoms with Crippen LogP contribution in [0.3, 0.4) is 0 Å². The highest BCUT2D eigenvalue weighted by Crippen LogP contribution is 2.61. The Morgan fingerprint density at radius 3 is 2.30 bits per heavy atom. The zero-order chi connectivity index (χ0) is 13.9. The van der Waals surface area contributed by atoms with Crippen LogP contribution in [0.15, 0.2) is 0 Å². The normalized spacial score (nSPS) is 38.4. The fraction of sp³-hybridized carbons (Fsp3) is 0.800. The van der Waals surface area contributed by atoms with Crippen molar-refractivity contribution in [2.45, 2.75) is 44.9 Å². The van der Waals surface area contributed by atoms with Crippen LogP contribution in [0.5, 0.6) is 0 Å². The van der Waals surface area contributed by atoms with Gasteiger partial charge in [0.15, 0.2) is 5.69 Å². The second-order valence-corrected chi connectivity index (χ2v) is 7.41. The van der Waals surface area contributed by atoms with Crippen molar-refractivity contribution in [1.82, 2.24) is 15.0 Å². The Hall–Kier alpha value is -1.39. The maximum Gasteiger partial charge on any atom is 0.358 e. The molecule has 5 rings (SSSR count). The summed E-state index contributed by atoms with van der Waals surface area (Å²) in [6.45, 7) is 0. The summed E-state index contributed by atoms with van der Waals surface area (Å²) in [6.07, 6.45) is 8.93. The highest BCUT2D eigenvalue weighted by molar-refractivity contribution is 5.86. The maximum absolute atomic E-state index is 11.3. The predicted molar refractivity (Wildman–Crippen MR) is 72.3 cm³/mol. The van der Waals surface area contributed by atoms with Crippen molar-refractivity contribution in [2.24, 2.45) is 30.2 Å². The number of nitrogens with zero attached hydrogens (tertiary/aromatic N) is 3. The van der Waals surface area contributed by atoms with Crippen LogP contribution in [0.2, 0.25) is 0 Å². The lowest BCUT2D eigenvalue weighted by atomic mass is 9.48. The fourth-order valence-corrected chi connectivity index (χ4v) is 5.60. The van der Waals surface area contributed by atoms with Gasteiger partial charge in [0.1, 0.15) is 0 Å². The first-order valence-corrected chi connectivity index (χ1v) is 7.66. The number of carbonyl (C=O) groups is 1. The van der Waals surface area contributed by atoms with Gasteiger partial charge in [-0.2, -0.15) is 0 Å². The van der Waals surface area contributed by atoms with E-state index in [1.165, 1.54) is 38.5 Å². The van der Waals surface area contributed by atoms with Gasteiger partial charge in [0, 0.05) is 7.05 Å². The summed E-state index contributed by atoms with van der Waals surface area (Å²) >= 11 is 0. The van der Waals surface area contributed by atoms with E-state index in [4.69, 9.17) is 0 Å². The van der Waals surface area contributed by atoms with Crippen LogP contribution in [-0.4, -0.2) is 26.1 Å². The number of carboxylic acid groups (broad SMARTS) is 1. The van der Waals surface area contributed by atoms with Crippen LogP contribution in [0.25, 0.3) is 0 Å². The third-order valence-electron chi connectivity index (χ3n) is 5.85. The van der Waals surface area contributed by atoms with Crippen molar-refractivity contribution >= 4 is 5.97 Å². The molecular formula is C15H21N3O2. The first-order chi connectivity index (χ1) is 9.55. The van der Waals surface area contributed by atoms with Crippen LogP contribution in [0, 0.1) is 23.2 Å². The van der Waals surface area contributed by atoms with Crippen LogP contribution in [0.4, 0.5) is 0 Å². The smallest absolute Gasteiger partial charge is 0.358 e. The van der Waals surface area contributed by atoms with Gasteiger partial charge < -0.3 is 5.11 Å². The summed E-state index contributed by atoms with van der Waals surface area (Å²) in [6, 6.07) is 0. The van der Waals surface area contributed by atoms with E-state index in [0.717, 1.165) is 29.9 Å². The number of hydrogen-bond donors (Lipinski definition) is 1. The SMILES string of the molecule is Cn1nnc(C(=O)O)c1CC12CC3CC(CC(C3)C1)C2. The minimum atomic E-state index is -0.946. The Balaban J connectivity index is 1.66. The second-order valence-electron chi connectivity index (χ2n) is 7.41. The Kier molecular flexibility index (Phi) is 2.51. The Morgan fingerprint density at radius 2 is 1.80 bits per heavy atom. The van der Waals surface area contributed by atoms with E-state index >= 15 is 0 Å². The molecule has 4 saturated carbocycles. The molecular weight excluding hydrogens is 254 g/mol. The van der Waals surface area contributed by atoms with E-state index in [1.54, 1.807) is 4.68 Å². The summed E-state index contributed by atoms with van der Waals surface area (Å²) in [5.41, 5.74) is 1.30. The highest BCUT2D eigenvalue weighted by Gasteiger charge is 2.51. The zero-order valence-electron chi connectivity index (χ0n) is 11.9. The number of aryl methyl sites for hydroxylation is 1. The Bertz CT molecular complexity index is 528. The number of hydrogen-bond acceptors (Lipinski definition) is 3. The lowest BCUT2D eigenvalue weighted by Gasteiger charge is -2.57. The van der Waals surface area contributed by atoms with E-state index in [0.29, 0.717) is 5.41 Å². The Labute approximate surface area is 118 Å². The first-order valence-electron chi connectivity index (χ1n) is 7.66. The summed E-state index contributed by atoms with van der Waals surface area (Å²) < 4.78 is 1.67. The summed E-state index contributed by atoms with van der Waals surface area (Å²) in [5.74, 6) is 1.71. The van der Waals surface area contributed by atoms with Crippen molar-refractivity contribution < 1.29 is 9.90 Å². The van der Waals surface area contributed by atoms with Crippen molar-refractivity contribution in [3.8, 4) is 0 Å². The van der Waals surface area contributed by atoms with Gasteiger partial charge in [-0.3, -0.25) is 4.68 Å². The molecule has 20 heavy (non-hydrogen) atoms. The van der Waals surface area contributed by atoms with Crippen LogP contribution >= 0.6 is 0 Å². The van der Waals surface area contributed by atoms with E-state index in [9.17, 15) is 9.90 Å². The van der Waals surface area contributed by atoms with Crippen molar-refractivity contribution in [1.29, 1.82) is 0 Å². The van der Waals surface area contributed by atoms with E-state index in [2.05, 4.69) is 10.3 Å². The molecule has 0 unspecified atom stereocenters. The van der Waals surface area contributed by atoms with Crippen molar-refractivity contribution in [3.05, 3.63) is 11.4 Å². The average molecular weight is 275 g/mol. The van der Waals surface area contributed by atoms with Crippen LogP contribution in [-0.2, 0) is 13.5 Å². The molecule has 4 aliphatic rings. The molecule has 108 valence electrons. The molecule has 0 amide bonds. The van der Waals surface area contributed by atoms with Crippen LogP contribution < -0.4 is 0 Å². The number of aromatic carboxylic acids is 1. The highest BCUT2D eigenvalue weighted by atomic mass is 16.4. The van der Waals surface area contributed by atoms with E-state index in [-0.39, 0.29) is 5.69 Å². The molecule has 4 bridgehead atoms. The lowest BCUT2D eigenvalue weighted by molar-refractivity contribution is -0.0531. The fourth-order valence-electron chi connectivity index (χ4n) is 5.60. The monoisotopic (exact) mass is 275 g/mol. The predicted octanol–water partition coefficient (Wildman–Crippen LogP) is 2.27. The average Bonchev–Trinajstić information content (AvgIpc) is 2.68. The topological polar surface area (TPSA) is 68.0 Å². The standard InChI is InChI=1S/C15H21N3O2/c1-18-12(13(14(19)20)16-17-18)8-15-5-9-2-10(6-15)4-11(3-9)7-15/h9-11H,2-8H2,1H3,(H,19,20). The van der Waals surface area contributed by atoms with E-state index in [1.807, 2.05) is 7.05 Å². The molecule has 1 heterocycles. The molecule has 4 aliphatic carbocycles. The van der Waals surface area contributed by atoms with Gasteiger partial charge in [-0.05, 0) is 68.1 Å². The summed E-state index contributed by atoms with van der Waals surface area (Å²) in [5, 5.41) is 17.0. The van der Waals surface area contributed by atoms with Gasteiger partial charge >= 0.3 is 5.97 Å². The second kappa shape index (κ2) is 4.06. The molecule has 1 N–H and O–H groups in total. The third-order valence-corrected chi connectivity index (χ3v) is 5.85. The summed E-state index contributed by atoms with van der Waals surface area (Å²) in [4.78, 5) is 11.3. The first kappa shape index (κ1) is 12.4. The minimum absolute atomic E-state index is 0.156.